The summed E-state index contributed by atoms with van der Waals surface area (Å²) in [4.78, 5) is 28.9. The topological polar surface area (TPSA) is 40.6 Å². The van der Waals surface area contributed by atoms with E-state index >= 15 is 0 Å². The van der Waals surface area contributed by atoms with Gasteiger partial charge in [0.15, 0.2) is 0 Å². The summed E-state index contributed by atoms with van der Waals surface area (Å²) in [6, 6.07) is 7.03. The summed E-state index contributed by atoms with van der Waals surface area (Å²) in [6.07, 6.45) is 4.29. The number of fused-ring (bicyclic) bond motifs is 1. The van der Waals surface area contributed by atoms with E-state index in [0.717, 1.165) is 5.69 Å². The Morgan fingerprint density at radius 2 is 1.91 bits per heavy atom. The highest BCUT2D eigenvalue weighted by Crippen LogP contribution is 2.58. The minimum absolute atomic E-state index is 0.0141. The van der Waals surface area contributed by atoms with Crippen LogP contribution >= 0.6 is 11.6 Å². The zero-order valence-corrected chi connectivity index (χ0v) is 14.0. The van der Waals surface area contributed by atoms with Crippen LogP contribution in [0.4, 0.5) is 5.69 Å². The standard InChI is InChI=1S/C18H21ClN2O2/c1-20(18(23)16-11-5-4-6-12(11)16)15-9-10-21(17(15)22)14-8-3-2-7-13(14)19/h2-3,7-8,11-12,15-16H,4-6,9-10H2,1H3/t11-,12+,15-,16?/m1/s1. The van der Waals surface area contributed by atoms with E-state index in [-0.39, 0.29) is 23.8 Å². The van der Waals surface area contributed by atoms with Crippen molar-refractivity contribution in [2.24, 2.45) is 17.8 Å². The van der Waals surface area contributed by atoms with Crippen LogP contribution in [0.1, 0.15) is 25.7 Å². The number of carbonyl (C=O) groups excluding carboxylic acids is 2. The molecule has 1 aromatic rings. The van der Waals surface area contributed by atoms with Crippen LogP contribution in [0.25, 0.3) is 0 Å². The Morgan fingerprint density at radius 3 is 2.61 bits per heavy atom. The van der Waals surface area contributed by atoms with Crippen molar-refractivity contribution in [2.45, 2.75) is 31.7 Å². The Bertz CT molecular complexity index is 652. The number of para-hydroxylation sites is 1. The van der Waals surface area contributed by atoms with Gasteiger partial charge in [0, 0.05) is 19.5 Å². The lowest BCUT2D eigenvalue weighted by Gasteiger charge is -2.25. The molecule has 0 bridgehead atoms. The fourth-order valence-corrected chi connectivity index (χ4v) is 4.75. The van der Waals surface area contributed by atoms with Gasteiger partial charge >= 0.3 is 0 Å². The lowest BCUT2D eigenvalue weighted by molar-refractivity contribution is -0.138. The van der Waals surface area contributed by atoms with E-state index < -0.39 is 0 Å². The molecule has 1 aromatic carbocycles. The van der Waals surface area contributed by atoms with Crippen LogP contribution in [-0.2, 0) is 9.59 Å². The molecule has 4 nitrogen and oxygen atoms in total. The van der Waals surface area contributed by atoms with Crippen molar-refractivity contribution in [1.29, 1.82) is 0 Å². The lowest BCUT2D eigenvalue weighted by Crippen LogP contribution is -2.44. The molecule has 5 heteroatoms. The van der Waals surface area contributed by atoms with Crippen molar-refractivity contribution in [1.82, 2.24) is 4.90 Å². The Hall–Kier alpha value is -1.55. The molecule has 0 radical (unpaired) electrons. The Kier molecular flexibility index (Phi) is 3.60. The minimum atomic E-state index is -0.347. The van der Waals surface area contributed by atoms with Crippen LogP contribution in [0.15, 0.2) is 24.3 Å². The molecule has 0 aromatic heterocycles. The molecule has 23 heavy (non-hydrogen) atoms. The number of nitrogens with zero attached hydrogens (tertiary/aromatic N) is 2. The molecule has 0 N–H and O–H groups in total. The number of benzene rings is 1. The Labute approximate surface area is 141 Å². The van der Waals surface area contributed by atoms with Crippen LogP contribution in [-0.4, -0.2) is 36.3 Å². The molecule has 2 saturated carbocycles. The number of amides is 2. The first kappa shape index (κ1) is 15.0. The third-order valence-corrected chi connectivity index (χ3v) is 6.15. The van der Waals surface area contributed by atoms with Crippen molar-refractivity contribution in [3.05, 3.63) is 29.3 Å². The highest BCUT2D eigenvalue weighted by atomic mass is 35.5. The summed E-state index contributed by atoms with van der Waals surface area (Å²) in [5, 5.41) is 0.576. The highest BCUT2D eigenvalue weighted by Gasteiger charge is 2.58. The Morgan fingerprint density at radius 1 is 1.22 bits per heavy atom. The summed E-state index contributed by atoms with van der Waals surface area (Å²) in [7, 11) is 1.79. The number of anilines is 1. The second-order valence-electron chi connectivity index (χ2n) is 6.98. The van der Waals surface area contributed by atoms with Gasteiger partial charge in [-0.2, -0.15) is 0 Å². The second-order valence-corrected chi connectivity index (χ2v) is 7.39. The molecule has 1 aliphatic heterocycles. The third-order valence-electron chi connectivity index (χ3n) is 5.83. The predicted molar refractivity (Wildman–Crippen MR) is 89.3 cm³/mol. The van der Waals surface area contributed by atoms with Crippen molar-refractivity contribution in [3.8, 4) is 0 Å². The van der Waals surface area contributed by atoms with Crippen molar-refractivity contribution in [2.75, 3.05) is 18.5 Å². The normalized spacial score (nSPS) is 32.1. The second kappa shape index (κ2) is 5.52. The molecule has 4 rings (SSSR count). The van der Waals surface area contributed by atoms with Crippen LogP contribution < -0.4 is 4.90 Å². The van der Waals surface area contributed by atoms with Gasteiger partial charge in [-0.25, -0.2) is 0 Å². The average Bonchev–Trinajstić information content (AvgIpc) is 2.87. The summed E-state index contributed by atoms with van der Waals surface area (Å²) < 4.78 is 0. The first-order valence-corrected chi connectivity index (χ1v) is 8.80. The molecule has 1 saturated heterocycles. The Balaban J connectivity index is 1.47. The predicted octanol–water partition coefficient (Wildman–Crippen LogP) is 2.95. The largest absolute Gasteiger partial charge is 0.333 e. The molecule has 4 atom stereocenters. The lowest BCUT2D eigenvalue weighted by atomic mass is 10.1. The first-order chi connectivity index (χ1) is 11.1. The van der Waals surface area contributed by atoms with Gasteiger partial charge in [0.05, 0.1) is 10.7 Å². The smallest absolute Gasteiger partial charge is 0.249 e. The maximum atomic E-state index is 12.8. The van der Waals surface area contributed by atoms with Crippen LogP contribution in [0.3, 0.4) is 0 Å². The van der Waals surface area contributed by atoms with Gasteiger partial charge in [-0.15, -0.1) is 0 Å². The number of rotatable bonds is 3. The van der Waals surface area contributed by atoms with E-state index in [1.807, 2.05) is 18.2 Å². The van der Waals surface area contributed by atoms with Crippen LogP contribution in [0.2, 0.25) is 5.02 Å². The molecule has 0 spiro atoms. The van der Waals surface area contributed by atoms with Gasteiger partial charge in [-0.1, -0.05) is 30.2 Å². The van der Waals surface area contributed by atoms with E-state index in [2.05, 4.69) is 0 Å². The number of hydrogen-bond acceptors (Lipinski definition) is 2. The highest BCUT2D eigenvalue weighted by molar-refractivity contribution is 6.34. The van der Waals surface area contributed by atoms with E-state index in [1.54, 1.807) is 22.9 Å². The number of carbonyl (C=O) groups is 2. The van der Waals surface area contributed by atoms with Crippen LogP contribution in [0.5, 0.6) is 0 Å². The zero-order valence-electron chi connectivity index (χ0n) is 13.2. The molecule has 122 valence electrons. The maximum absolute atomic E-state index is 12.8. The van der Waals surface area contributed by atoms with E-state index in [0.29, 0.717) is 29.8 Å². The summed E-state index contributed by atoms with van der Waals surface area (Å²) in [6.45, 7) is 0.613. The van der Waals surface area contributed by atoms with Crippen molar-refractivity contribution in [3.63, 3.8) is 0 Å². The van der Waals surface area contributed by atoms with Gasteiger partial charge < -0.3 is 9.80 Å². The number of likely N-dealkylation sites (N-methyl/N-ethyl adjacent to an activating group) is 1. The van der Waals surface area contributed by atoms with E-state index in [1.165, 1.54) is 19.3 Å². The SMILES string of the molecule is CN(C(=O)C1[C@H]2CCC[C@@H]12)[C@@H]1CCN(c2ccccc2Cl)C1=O. The van der Waals surface area contributed by atoms with Gasteiger partial charge in [-0.3, -0.25) is 9.59 Å². The van der Waals surface area contributed by atoms with Crippen LogP contribution in [0, 0.1) is 17.8 Å². The average molecular weight is 333 g/mol. The molecule has 3 aliphatic rings. The van der Waals surface area contributed by atoms with Crippen molar-refractivity contribution >= 4 is 29.1 Å². The maximum Gasteiger partial charge on any atom is 0.249 e. The third kappa shape index (κ3) is 2.35. The summed E-state index contributed by atoms with van der Waals surface area (Å²) in [5.74, 6) is 1.50. The quantitative estimate of drug-likeness (QED) is 0.854. The molecular formula is C18H21ClN2O2. The summed E-state index contributed by atoms with van der Waals surface area (Å²) in [5.41, 5.74) is 0.741. The van der Waals surface area contributed by atoms with E-state index in [9.17, 15) is 9.59 Å². The molecule has 2 aliphatic carbocycles. The van der Waals surface area contributed by atoms with Gasteiger partial charge in [0.1, 0.15) is 6.04 Å². The number of halogens is 1. The number of hydrogen-bond donors (Lipinski definition) is 0. The van der Waals surface area contributed by atoms with Crippen molar-refractivity contribution < 1.29 is 9.59 Å². The summed E-state index contributed by atoms with van der Waals surface area (Å²) >= 11 is 6.21. The molecule has 1 heterocycles. The minimum Gasteiger partial charge on any atom is -0.333 e. The molecule has 1 unspecified atom stereocenters. The van der Waals surface area contributed by atoms with Gasteiger partial charge in [0.2, 0.25) is 11.8 Å². The molecular weight excluding hydrogens is 312 g/mol. The molecule has 2 amide bonds. The zero-order chi connectivity index (χ0) is 16.1. The van der Waals surface area contributed by atoms with Gasteiger partial charge in [0.25, 0.3) is 0 Å². The monoisotopic (exact) mass is 332 g/mol. The van der Waals surface area contributed by atoms with Gasteiger partial charge in [-0.05, 0) is 43.2 Å². The first-order valence-electron chi connectivity index (χ1n) is 8.42. The molecule has 3 fully saturated rings. The fourth-order valence-electron chi connectivity index (χ4n) is 4.51. The fraction of sp³-hybridized carbons (Fsp3) is 0.556. The van der Waals surface area contributed by atoms with E-state index in [4.69, 9.17) is 11.6 Å².